The van der Waals surface area contributed by atoms with Crippen molar-refractivity contribution in [1.29, 1.82) is 0 Å². The standard InChI is InChI=1S/C24H33N5O2/c1-18(2)27-24(30)28-20-11-9-19(10-12-20)17-26-23(25-3)29-15-13-22(14-16-29)31-21-7-5-4-6-8-21/h4-12,18,22H,13-17H2,1-3H3,(H,25,26)(H2,27,28,30). The fraction of sp³-hybridized carbons (Fsp3) is 0.417. The van der Waals surface area contributed by atoms with Crippen molar-refractivity contribution < 1.29 is 9.53 Å². The van der Waals surface area contributed by atoms with Crippen LogP contribution in [0.4, 0.5) is 10.5 Å². The third-order valence-electron chi connectivity index (χ3n) is 5.08. The molecule has 7 heteroatoms. The van der Waals surface area contributed by atoms with Gasteiger partial charge in [0, 0.05) is 51.3 Å². The van der Waals surface area contributed by atoms with Gasteiger partial charge in [0.05, 0.1) is 0 Å². The van der Waals surface area contributed by atoms with Crippen LogP contribution in [0.25, 0.3) is 0 Å². The predicted molar refractivity (Wildman–Crippen MR) is 126 cm³/mol. The average Bonchev–Trinajstić information content (AvgIpc) is 2.76. The van der Waals surface area contributed by atoms with Crippen LogP contribution in [0.15, 0.2) is 59.6 Å². The molecule has 1 heterocycles. The highest BCUT2D eigenvalue weighted by Gasteiger charge is 2.22. The highest BCUT2D eigenvalue weighted by atomic mass is 16.5. The van der Waals surface area contributed by atoms with Crippen molar-refractivity contribution in [2.75, 3.05) is 25.5 Å². The van der Waals surface area contributed by atoms with Crippen LogP contribution >= 0.6 is 0 Å². The van der Waals surface area contributed by atoms with Crippen molar-refractivity contribution in [2.24, 2.45) is 4.99 Å². The van der Waals surface area contributed by atoms with E-state index in [1.165, 1.54) is 0 Å². The summed E-state index contributed by atoms with van der Waals surface area (Å²) in [6, 6.07) is 17.7. The van der Waals surface area contributed by atoms with Gasteiger partial charge in [-0.3, -0.25) is 4.99 Å². The number of piperidine rings is 1. The van der Waals surface area contributed by atoms with E-state index in [-0.39, 0.29) is 18.2 Å². The number of amides is 2. The zero-order chi connectivity index (χ0) is 22.1. The average molecular weight is 424 g/mol. The highest BCUT2D eigenvalue weighted by Crippen LogP contribution is 2.19. The van der Waals surface area contributed by atoms with E-state index in [1.807, 2.05) is 75.5 Å². The van der Waals surface area contributed by atoms with Gasteiger partial charge >= 0.3 is 6.03 Å². The summed E-state index contributed by atoms with van der Waals surface area (Å²) < 4.78 is 6.08. The van der Waals surface area contributed by atoms with Crippen LogP contribution in [0.1, 0.15) is 32.3 Å². The Labute approximate surface area is 184 Å². The molecule has 0 radical (unpaired) electrons. The zero-order valence-electron chi connectivity index (χ0n) is 18.6. The van der Waals surface area contributed by atoms with Crippen molar-refractivity contribution >= 4 is 17.7 Å². The van der Waals surface area contributed by atoms with Crippen LogP contribution < -0.4 is 20.7 Å². The predicted octanol–water partition coefficient (Wildman–Crippen LogP) is 3.84. The summed E-state index contributed by atoms with van der Waals surface area (Å²) in [7, 11) is 1.81. The van der Waals surface area contributed by atoms with Crippen LogP contribution in [0.2, 0.25) is 0 Å². The van der Waals surface area contributed by atoms with Crippen molar-refractivity contribution in [1.82, 2.24) is 15.5 Å². The van der Waals surface area contributed by atoms with Crippen molar-refractivity contribution in [2.45, 2.75) is 45.4 Å². The van der Waals surface area contributed by atoms with E-state index in [0.717, 1.165) is 48.9 Å². The van der Waals surface area contributed by atoms with Gasteiger partial charge in [-0.25, -0.2) is 4.79 Å². The Morgan fingerprint density at radius 1 is 1.10 bits per heavy atom. The summed E-state index contributed by atoms with van der Waals surface area (Å²) in [4.78, 5) is 18.5. The van der Waals surface area contributed by atoms with Crippen molar-refractivity contribution in [3.63, 3.8) is 0 Å². The smallest absolute Gasteiger partial charge is 0.319 e. The molecule has 1 aliphatic heterocycles. The number of ether oxygens (including phenoxy) is 1. The van der Waals surface area contributed by atoms with Gasteiger partial charge in [-0.2, -0.15) is 0 Å². The second-order valence-corrected chi connectivity index (χ2v) is 7.97. The third kappa shape index (κ3) is 7.20. The van der Waals surface area contributed by atoms with Crippen LogP contribution in [0.3, 0.4) is 0 Å². The van der Waals surface area contributed by atoms with Crippen LogP contribution in [-0.4, -0.2) is 49.2 Å². The van der Waals surface area contributed by atoms with E-state index in [9.17, 15) is 4.79 Å². The lowest BCUT2D eigenvalue weighted by molar-refractivity contribution is 0.129. The maximum atomic E-state index is 11.8. The Balaban J connectivity index is 1.44. The van der Waals surface area contributed by atoms with E-state index < -0.39 is 0 Å². The number of carbonyl (C=O) groups excluding carboxylic acids is 1. The first-order valence-corrected chi connectivity index (χ1v) is 10.9. The fourth-order valence-electron chi connectivity index (χ4n) is 3.53. The van der Waals surface area contributed by atoms with Crippen molar-refractivity contribution in [3.05, 3.63) is 60.2 Å². The Bertz CT molecular complexity index is 844. The maximum absolute atomic E-state index is 11.8. The number of benzene rings is 2. The van der Waals surface area contributed by atoms with E-state index in [0.29, 0.717) is 6.54 Å². The minimum absolute atomic E-state index is 0.102. The number of nitrogens with zero attached hydrogens (tertiary/aromatic N) is 2. The minimum atomic E-state index is -0.194. The molecule has 1 aliphatic rings. The molecule has 7 nitrogen and oxygen atoms in total. The first-order valence-electron chi connectivity index (χ1n) is 10.9. The number of anilines is 1. The molecule has 3 rings (SSSR count). The molecule has 166 valence electrons. The number of hydrogen-bond donors (Lipinski definition) is 3. The second kappa shape index (κ2) is 11.2. The lowest BCUT2D eigenvalue weighted by Crippen LogP contribution is -2.47. The number of aliphatic imine (C=N–C) groups is 1. The number of hydrogen-bond acceptors (Lipinski definition) is 3. The maximum Gasteiger partial charge on any atom is 0.319 e. The molecule has 1 fully saturated rings. The number of carbonyl (C=O) groups is 1. The van der Waals surface area contributed by atoms with Gasteiger partial charge in [0.1, 0.15) is 11.9 Å². The SMILES string of the molecule is CN=C(NCc1ccc(NC(=O)NC(C)C)cc1)N1CCC(Oc2ccccc2)CC1. The fourth-order valence-corrected chi connectivity index (χ4v) is 3.53. The van der Waals surface area contributed by atoms with E-state index in [2.05, 4.69) is 25.8 Å². The van der Waals surface area contributed by atoms with Gasteiger partial charge in [0.2, 0.25) is 0 Å². The largest absolute Gasteiger partial charge is 0.490 e. The lowest BCUT2D eigenvalue weighted by Gasteiger charge is -2.34. The molecule has 0 atom stereocenters. The Morgan fingerprint density at radius 2 is 1.77 bits per heavy atom. The molecule has 2 amide bonds. The summed E-state index contributed by atoms with van der Waals surface area (Å²) in [5, 5.41) is 9.09. The molecule has 0 aromatic heterocycles. The Morgan fingerprint density at radius 3 is 2.39 bits per heavy atom. The summed E-state index contributed by atoms with van der Waals surface area (Å²) in [5.74, 6) is 1.83. The molecule has 0 saturated carbocycles. The normalized spacial score (nSPS) is 15.0. The Kier molecular flexibility index (Phi) is 8.15. The van der Waals surface area contributed by atoms with Crippen LogP contribution in [0.5, 0.6) is 5.75 Å². The quantitative estimate of drug-likeness (QED) is 0.487. The number of guanidine groups is 1. The second-order valence-electron chi connectivity index (χ2n) is 7.97. The third-order valence-corrected chi connectivity index (χ3v) is 5.08. The minimum Gasteiger partial charge on any atom is -0.490 e. The van der Waals surface area contributed by atoms with Gasteiger partial charge in [0.25, 0.3) is 0 Å². The monoisotopic (exact) mass is 423 g/mol. The first kappa shape index (κ1) is 22.5. The van der Waals surface area contributed by atoms with Gasteiger partial charge in [-0.15, -0.1) is 0 Å². The van der Waals surface area contributed by atoms with Gasteiger partial charge in [-0.05, 0) is 43.7 Å². The molecule has 3 N–H and O–H groups in total. The lowest BCUT2D eigenvalue weighted by atomic mass is 10.1. The van der Waals surface area contributed by atoms with Crippen LogP contribution in [0, 0.1) is 0 Å². The molecule has 2 aromatic carbocycles. The molecular formula is C24H33N5O2. The molecule has 0 spiro atoms. The van der Waals surface area contributed by atoms with E-state index in [4.69, 9.17) is 4.74 Å². The van der Waals surface area contributed by atoms with Crippen molar-refractivity contribution in [3.8, 4) is 5.75 Å². The molecule has 31 heavy (non-hydrogen) atoms. The summed E-state index contributed by atoms with van der Waals surface area (Å²) in [6.07, 6.45) is 2.17. The summed E-state index contributed by atoms with van der Waals surface area (Å²) in [5.41, 5.74) is 1.89. The number of rotatable bonds is 6. The number of para-hydroxylation sites is 1. The van der Waals surface area contributed by atoms with Gasteiger partial charge in [-0.1, -0.05) is 30.3 Å². The molecule has 0 bridgehead atoms. The molecule has 0 unspecified atom stereocenters. The van der Waals surface area contributed by atoms with Gasteiger partial charge < -0.3 is 25.6 Å². The Hall–Kier alpha value is -3.22. The van der Waals surface area contributed by atoms with Crippen LogP contribution in [-0.2, 0) is 6.54 Å². The van der Waals surface area contributed by atoms with E-state index >= 15 is 0 Å². The summed E-state index contributed by atoms with van der Waals surface area (Å²) >= 11 is 0. The molecule has 0 aliphatic carbocycles. The molecule has 1 saturated heterocycles. The highest BCUT2D eigenvalue weighted by molar-refractivity contribution is 5.89. The van der Waals surface area contributed by atoms with E-state index in [1.54, 1.807) is 0 Å². The number of urea groups is 1. The molecular weight excluding hydrogens is 390 g/mol. The molecule has 2 aromatic rings. The number of nitrogens with one attached hydrogen (secondary N) is 3. The van der Waals surface area contributed by atoms with Gasteiger partial charge in [0.15, 0.2) is 5.96 Å². The topological polar surface area (TPSA) is 78.0 Å². The zero-order valence-corrected chi connectivity index (χ0v) is 18.6. The summed E-state index contributed by atoms with van der Waals surface area (Å²) in [6.45, 7) is 6.35. The first-order chi connectivity index (χ1) is 15.0. The number of likely N-dealkylation sites (tertiary alicyclic amines) is 1.